The highest BCUT2D eigenvalue weighted by atomic mass is 32.1. The van der Waals surface area contributed by atoms with Crippen molar-refractivity contribution in [3.63, 3.8) is 0 Å². The van der Waals surface area contributed by atoms with Crippen LogP contribution in [0.3, 0.4) is 0 Å². The first-order valence-electron chi connectivity index (χ1n) is 7.74. The lowest BCUT2D eigenvalue weighted by Crippen LogP contribution is -2.31. The van der Waals surface area contributed by atoms with E-state index in [0.29, 0.717) is 0 Å². The molecule has 22 heavy (non-hydrogen) atoms. The van der Waals surface area contributed by atoms with Crippen molar-refractivity contribution in [3.05, 3.63) is 28.5 Å². The SMILES string of the molecule is Cc1nnsc1CN(C)Cc1cnc(N2CCCCC2)nc1. The molecular formula is C15H22N6S. The van der Waals surface area contributed by atoms with Gasteiger partial charge in [-0.05, 0) is 44.8 Å². The highest BCUT2D eigenvalue weighted by Gasteiger charge is 2.13. The fourth-order valence-corrected chi connectivity index (χ4v) is 3.41. The van der Waals surface area contributed by atoms with E-state index in [0.717, 1.165) is 43.4 Å². The Bertz CT molecular complexity index is 590. The van der Waals surface area contributed by atoms with Gasteiger partial charge in [0.2, 0.25) is 5.95 Å². The second-order valence-electron chi connectivity index (χ2n) is 5.89. The third kappa shape index (κ3) is 3.78. The van der Waals surface area contributed by atoms with E-state index in [1.807, 2.05) is 19.3 Å². The standard InChI is InChI=1S/C15H22N6S/c1-12-14(22-19-18-12)11-20(2)10-13-8-16-15(17-9-13)21-6-4-3-5-7-21/h8-9H,3-7,10-11H2,1-2H3. The van der Waals surface area contributed by atoms with E-state index in [2.05, 4.69) is 36.4 Å². The van der Waals surface area contributed by atoms with Crippen LogP contribution in [-0.4, -0.2) is 44.6 Å². The molecule has 0 aliphatic carbocycles. The van der Waals surface area contributed by atoms with Crippen LogP contribution < -0.4 is 4.90 Å². The molecule has 0 spiro atoms. The first kappa shape index (κ1) is 15.3. The van der Waals surface area contributed by atoms with Gasteiger partial charge in [0.05, 0.1) is 10.6 Å². The molecule has 1 fully saturated rings. The second kappa shape index (κ2) is 7.11. The summed E-state index contributed by atoms with van der Waals surface area (Å²) in [6.45, 7) is 5.85. The van der Waals surface area contributed by atoms with E-state index in [1.54, 1.807) is 0 Å². The predicted octanol–water partition coefficient (Wildman–Crippen LogP) is 2.26. The fraction of sp³-hybridized carbons (Fsp3) is 0.600. The third-order valence-corrected chi connectivity index (χ3v) is 4.75. The number of aryl methyl sites for hydroxylation is 1. The molecule has 0 aromatic carbocycles. The molecule has 0 radical (unpaired) electrons. The van der Waals surface area contributed by atoms with Crippen LogP contribution >= 0.6 is 11.5 Å². The van der Waals surface area contributed by atoms with Crippen LogP contribution in [0.5, 0.6) is 0 Å². The van der Waals surface area contributed by atoms with Gasteiger partial charge in [-0.25, -0.2) is 9.97 Å². The van der Waals surface area contributed by atoms with Crippen LogP contribution in [0.4, 0.5) is 5.95 Å². The number of anilines is 1. The van der Waals surface area contributed by atoms with Gasteiger partial charge in [-0.15, -0.1) is 5.10 Å². The van der Waals surface area contributed by atoms with Gasteiger partial charge in [0.1, 0.15) is 0 Å². The monoisotopic (exact) mass is 318 g/mol. The molecule has 6 nitrogen and oxygen atoms in total. The minimum Gasteiger partial charge on any atom is -0.341 e. The average molecular weight is 318 g/mol. The van der Waals surface area contributed by atoms with Crippen molar-refractivity contribution >= 4 is 17.5 Å². The highest BCUT2D eigenvalue weighted by Crippen LogP contribution is 2.16. The minimum atomic E-state index is 0.831. The van der Waals surface area contributed by atoms with E-state index in [-0.39, 0.29) is 0 Å². The normalized spacial score (nSPS) is 15.5. The summed E-state index contributed by atoms with van der Waals surface area (Å²) in [6.07, 6.45) is 7.72. The number of piperidine rings is 1. The fourth-order valence-electron chi connectivity index (χ4n) is 2.70. The number of aromatic nitrogens is 4. The number of hydrogen-bond donors (Lipinski definition) is 0. The van der Waals surface area contributed by atoms with Gasteiger partial charge < -0.3 is 4.90 Å². The van der Waals surface area contributed by atoms with Crippen molar-refractivity contribution < 1.29 is 0 Å². The van der Waals surface area contributed by atoms with Gasteiger partial charge in [-0.3, -0.25) is 4.90 Å². The summed E-state index contributed by atoms with van der Waals surface area (Å²) < 4.78 is 3.98. The Morgan fingerprint density at radius 1 is 1.14 bits per heavy atom. The largest absolute Gasteiger partial charge is 0.341 e. The Balaban J connectivity index is 1.57. The lowest BCUT2D eigenvalue weighted by molar-refractivity contribution is 0.320. The van der Waals surface area contributed by atoms with Crippen molar-refractivity contribution in [1.82, 2.24) is 24.5 Å². The van der Waals surface area contributed by atoms with Gasteiger partial charge in [-0.2, -0.15) is 0 Å². The summed E-state index contributed by atoms with van der Waals surface area (Å²) in [5.41, 5.74) is 2.16. The molecule has 118 valence electrons. The summed E-state index contributed by atoms with van der Waals surface area (Å²) in [5.74, 6) is 0.869. The summed E-state index contributed by atoms with van der Waals surface area (Å²) in [4.78, 5) is 14.8. The van der Waals surface area contributed by atoms with E-state index >= 15 is 0 Å². The van der Waals surface area contributed by atoms with Crippen LogP contribution in [0.15, 0.2) is 12.4 Å². The quantitative estimate of drug-likeness (QED) is 0.843. The Morgan fingerprint density at radius 3 is 2.50 bits per heavy atom. The summed E-state index contributed by atoms with van der Waals surface area (Å²) in [5, 5.41) is 4.05. The lowest BCUT2D eigenvalue weighted by Gasteiger charge is -2.26. The molecule has 0 bridgehead atoms. The first-order valence-corrected chi connectivity index (χ1v) is 8.52. The number of hydrogen-bond acceptors (Lipinski definition) is 7. The molecule has 0 saturated carbocycles. The van der Waals surface area contributed by atoms with Crippen molar-refractivity contribution in [2.45, 2.75) is 39.3 Å². The lowest BCUT2D eigenvalue weighted by atomic mass is 10.1. The summed E-state index contributed by atoms with van der Waals surface area (Å²) in [7, 11) is 2.09. The molecule has 0 N–H and O–H groups in total. The maximum absolute atomic E-state index is 4.54. The topological polar surface area (TPSA) is 58.0 Å². The van der Waals surface area contributed by atoms with E-state index < -0.39 is 0 Å². The minimum absolute atomic E-state index is 0.831. The Kier molecular flexibility index (Phi) is 4.94. The van der Waals surface area contributed by atoms with Crippen LogP contribution in [0.2, 0.25) is 0 Å². The van der Waals surface area contributed by atoms with Gasteiger partial charge in [0.15, 0.2) is 0 Å². The van der Waals surface area contributed by atoms with E-state index in [1.165, 1.54) is 35.7 Å². The van der Waals surface area contributed by atoms with Gasteiger partial charge in [0.25, 0.3) is 0 Å². The summed E-state index contributed by atoms with van der Waals surface area (Å²) >= 11 is 1.47. The molecule has 1 aliphatic rings. The van der Waals surface area contributed by atoms with E-state index in [4.69, 9.17) is 0 Å². The molecule has 0 unspecified atom stereocenters. The number of rotatable bonds is 5. The summed E-state index contributed by atoms with van der Waals surface area (Å²) in [6, 6.07) is 0. The third-order valence-electron chi connectivity index (χ3n) is 3.94. The van der Waals surface area contributed by atoms with Crippen LogP contribution in [0, 0.1) is 6.92 Å². The Hall–Kier alpha value is -1.60. The molecule has 3 rings (SSSR count). The van der Waals surface area contributed by atoms with Crippen molar-refractivity contribution in [1.29, 1.82) is 0 Å². The Morgan fingerprint density at radius 2 is 1.86 bits per heavy atom. The maximum Gasteiger partial charge on any atom is 0.225 e. The van der Waals surface area contributed by atoms with Crippen molar-refractivity contribution in [2.75, 3.05) is 25.0 Å². The van der Waals surface area contributed by atoms with E-state index in [9.17, 15) is 0 Å². The first-order chi connectivity index (χ1) is 10.7. The van der Waals surface area contributed by atoms with Gasteiger partial charge in [-0.1, -0.05) is 4.49 Å². The van der Waals surface area contributed by atoms with Crippen LogP contribution in [0.25, 0.3) is 0 Å². The number of nitrogens with zero attached hydrogens (tertiary/aromatic N) is 6. The van der Waals surface area contributed by atoms with Crippen LogP contribution in [0.1, 0.15) is 35.4 Å². The average Bonchev–Trinajstić information content (AvgIpc) is 2.94. The molecule has 2 aromatic rings. The zero-order valence-electron chi connectivity index (χ0n) is 13.2. The molecule has 1 saturated heterocycles. The molecule has 3 heterocycles. The van der Waals surface area contributed by atoms with Gasteiger partial charge in [0, 0.05) is 44.1 Å². The predicted molar refractivity (Wildman–Crippen MR) is 87.9 cm³/mol. The molecule has 0 atom stereocenters. The molecule has 1 aliphatic heterocycles. The molecule has 0 amide bonds. The van der Waals surface area contributed by atoms with Crippen molar-refractivity contribution in [2.24, 2.45) is 0 Å². The highest BCUT2D eigenvalue weighted by molar-refractivity contribution is 7.05. The zero-order chi connectivity index (χ0) is 15.4. The maximum atomic E-state index is 4.54. The Labute approximate surface area is 135 Å². The molecule has 2 aromatic heterocycles. The van der Waals surface area contributed by atoms with Gasteiger partial charge >= 0.3 is 0 Å². The smallest absolute Gasteiger partial charge is 0.225 e. The molecule has 7 heteroatoms. The zero-order valence-corrected chi connectivity index (χ0v) is 14.0. The second-order valence-corrected chi connectivity index (χ2v) is 6.73. The van der Waals surface area contributed by atoms with Crippen LogP contribution in [-0.2, 0) is 13.1 Å². The molecular weight excluding hydrogens is 296 g/mol. The van der Waals surface area contributed by atoms with Crippen molar-refractivity contribution in [3.8, 4) is 0 Å².